The van der Waals surface area contributed by atoms with E-state index in [2.05, 4.69) is 23.8 Å². The number of likely N-dealkylation sites (N-methyl/N-ethyl adjacent to an activating group) is 1. The Kier molecular flexibility index (Phi) is 5.10. The Morgan fingerprint density at radius 2 is 1.90 bits per heavy atom. The van der Waals surface area contributed by atoms with Crippen LogP contribution in [-0.4, -0.2) is 39.1 Å². The molecule has 0 aromatic carbocycles. The third-order valence-electron chi connectivity index (χ3n) is 4.93. The van der Waals surface area contributed by atoms with Gasteiger partial charge in [-0.1, -0.05) is 38.3 Å². The molecule has 21 heavy (non-hydrogen) atoms. The molecule has 0 aliphatic heterocycles. The van der Waals surface area contributed by atoms with Gasteiger partial charge in [-0.15, -0.1) is 0 Å². The highest BCUT2D eigenvalue weighted by molar-refractivity contribution is 6.30. The van der Waals surface area contributed by atoms with Gasteiger partial charge in [0.15, 0.2) is 5.78 Å². The molecule has 0 N–H and O–H groups in total. The zero-order chi connectivity index (χ0) is 15.6. The molecule has 0 atom stereocenters. The second-order valence-corrected chi connectivity index (χ2v) is 6.35. The number of Topliss-reactive ketones (excluding diaryl/α,β-unsaturated/α-hetero) is 1. The number of nitrogens with zero attached hydrogens (tertiary/aromatic N) is 3. The topological polar surface area (TPSA) is 38.1 Å². The molecule has 0 radical (unpaired) electrons. The molecule has 1 fully saturated rings. The van der Waals surface area contributed by atoms with Crippen molar-refractivity contribution in [3.05, 3.63) is 16.4 Å². The van der Waals surface area contributed by atoms with Crippen molar-refractivity contribution < 1.29 is 4.79 Å². The SMILES string of the molecule is CCN(CC)C1(C(=O)Cc2c(C)nn(C)c2Cl)CCCC1. The van der Waals surface area contributed by atoms with Gasteiger partial charge in [0, 0.05) is 19.0 Å². The van der Waals surface area contributed by atoms with E-state index in [0.29, 0.717) is 17.4 Å². The molecule has 0 amide bonds. The Morgan fingerprint density at radius 3 is 2.33 bits per heavy atom. The Hall–Kier alpha value is -0.870. The van der Waals surface area contributed by atoms with Gasteiger partial charge in [0.25, 0.3) is 0 Å². The quantitative estimate of drug-likeness (QED) is 0.810. The summed E-state index contributed by atoms with van der Waals surface area (Å²) in [6.07, 6.45) is 4.63. The van der Waals surface area contributed by atoms with Crippen molar-refractivity contribution in [2.45, 2.75) is 58.4 Å². The summed E-state index contributed by atoms with van der Waals surface area (Å²) < 4.78 is 1.65. The van der Waals surface area contributed by atoms with Crippen LogP contribution in [0.3, 0.4) is 0 Å². The van der Waals surface area contributed by atoms with Gasteiger partial charge in [-0.3, -0.25) is 14.4 Å². The number of ketones is 1. The van der Waals surface area contributed by atoms with Gasteiger partial charge in [0.1, 0.15) is 5.15 Å². The lowest BCUT2D eigenvalue weighted by Crippen LogP contribution is -2.53. The highest BCUT2D eigenvalue weighted by atomic mass is 35.5. The minimum Gasteiger partial charge on any atom is -0.297 e. The molecule has 0 saturated heterocycles. The Labute approximate surface area is 132 Å². The number of aryl methyl sites for hydroxylation is 2. The van der Waals surface area contributed by atoms with Crippen LogP contribution in [0.5, 0.6) is 0 Å². The maximum Gasteiger partial charge on any atom is 0.157 e. The summed E-state index contributed by atoms with van der Waals surface area (Å²) in [5, 5.41) is 4.91. The largest absolute Gasteiger partial charge is 0.297 e. The summed E-state index contributed by atoms with van der Waals surface area (Å²) in [6, 6.07) is 0. The summed E-state index contributed by atoms with van der Waals surface area (Å²) in [5.41, 5.74) is 1.47. The van der Waals surface area contributed by atoms with Gasteiger partial charge in [0.05, 0.1) is 11.2 Å². The lowest BCUT2D eigenvalue weighted by Gasteiger charge is -2.39. The van der Waals surface area contributed by atoms with Crippen LogP contribution in [0.1, 0.15) is 50.8 Å². The van der Waals surface area contributed by atoms with Gasteiger partial charge in [-0.05, 0) is 32.9 Å². The number of carbonyl (C=O) groups excluding carboxylic acids is 1. The molecule has 0 bridgehead atoms. The van der Waals surface area contributed by atoms with Crippen molar-refractivity contribution in [3.63, 3.8) is 0 Å². The molecule has 0 spiro atoms. The fraction of sp³-hybridized carbons (Fsp3) is 0.750. The summed E-state index contributed by atoms with van der Waals surface area (Å²) in [5.74, 6) is 0.307. The van der Waals surface area contributed by atoms with E-state index < -0.39 is 0 Å². The Morgan fingerprint density at radius 1 is 1.33 bits per heavy atom. The van der Waals surface area contributed by atoms with Gasteiger partial charge >= 0.3 is 0 Å². The molecule has 1 heterocycles. The van der Waals surface area contributed by atoms with Crippen LogP contribution in [-0.2, 0) is 18.3 Å². The summed E-state index contributed by atoms with van der Waals surface area (Å²) >= 11 is 6.29. The van der Waals surface area contributed by atoms with Gasteiger partial charge in [-0.25, -0.2) is 0 Å². The van der Waals surface area contributed by atoms with Crippen LogP contribution in [0.2, 0.25) is 5.15 Å². The second-order valence-electron chi connectivity index (χ2n) is 5.99. The van der Waals surface area contributed by atoms with Gasteiger partial charge in [-0.2, -0.15) is 5.10 Å². The summed E-state index contributed by atoms with van der Waals surface area (Å²) in [6.45, 7) is 8.04. The van der Waals surface area contributed by atoms with Crippen molar-refractivity contribution in [3.8, 4) is 0 Å². The number of hydrogen-bond acceptors (Lipinski definition) is 3. The van der Waals surface area contributed by atoms with Crippen molar-refractivity contribution >= 4 is 17.4 Å². The van der Waals surface area contributed by atoms with E-state index in [1.165, 1.54) is 0 Å². The molecule has 2 rings (SSSR count). The number of carbonyl (C=O) groups is 1. The number of rotatable bonds is 6. The van der Waals surface area contributed by atoms with E-state index in [1.54, 1.807) is 4.68 Å². The maximum absolute atomic E-state index is 13.1. The third-order valence-corrected chi connectivity index (χ3v) is 5.40. The average Bonchev–Trinajstić information content (AvgIpc) is 3.03. The van der Waals surface area contributed by atoms with Crippen molar-refractivity contribution in [2.24, 2.45) is 7.05 Å². The fourth-order valence-electron chi connectivity index (χ4n) is 3.76. The minimum atomic E-state index is -0.283. The molecule has 0 unspecified atom stereocenters. The molecular weight excluding hydrogens is 286 g/mol. The lowest BCUT2D eigenvalue weighted by atomic mass is 9.86. The molecule has 5 heteroatoms. The summed E-state index contributed by atoms with van der Waals surface area (Å²) in [4.78, 5) is 15.4. The van der Waals surface area contributed by atoms with Crippen LogP contribution in [0.4, 0.5) is 0 Å². The number of aromatic nitrogens is 2. The first-order valence-corrected chi connectivity index (χ1v) is 8.30. The van der Waals surface area contributed by atoms with E-state index in [9.17, 15) is 4.79 Å². The fourth-order valence-corrected chi connectivity index (χ4v) is 4.00. The lowest BCUT2D eigenvalue weighted by molar-refractivity contribution is -0.130. The van der Waals surface area contributed by atoms with Gasteiger partial charge in [0.2, 0.25) is 0 Å². The van der Waals surface area contributed by atoms with Crippen LogP contribution in [0, 0.1) is 6.92 Å². The van der Waals surface area contributed by atoms with Crippen LogP contribution < -0.4 is 0 Å². The van der Waals surface area contributed by atoms with Crippen LogP contribution >= 0.6 is 11.6 Å². The Balaban J connectivity index is 2.28. The molecule has 4 nitrogen and oxygen atoms in total. The van der Waals surface area contributed by atoms with Gasteiger partial charge < -0.3 is 0 Å². The molecular formula is C16H26ClN3O. The molecule has 1 saturated carbocycles. The van der Waals surface area contributed by atoms with E-state index in [4.69, 9.17) is 11.6 Å². The normalized spacial score (nSPS) is 17.6. The van der Waals surface area contributed by atoms with Crippen molar-refractivity contribution in [1.29, 1.82) is 0 Å². The summed E-state index contributed by atoms with van der Waals surface area (Å²) in [7, 11) is 1.82. The molecule has 118 valence electrons. The maximum atomic E-state index is 13.1. The van der Waals surface area contributed by atoms with Crippen molar-refractivity contribution in [2.75, 3.05) is 13.1 Å². The zero-order valence-corrected chi connectivity index (χ0v) is 14.3. The molecule has 1 aromatic rings. The first kappa shape index (κ1) is 16.5. The molecule has 1 aliphatic carbocycles. The average molecular weight is 312 g/mol. The van der Waals surface area contributed by atoms with E-state index >= 15 is 0 Å². The first-order valence-electron chi connectivity index (χ1n) is 7.92. The van der Waals surface area contributed by atoms with Crippen molar-refractivity contribution in [1.82, 2.24) is 14.7 Å². The highest BCUT2D eigenvalue weighted by Gasteiger charge is 2.44. The van der Waals surface area contributed by atoms with E-state index in [0.717, 1.165) is 50.0 Å². The predicted octanol–water partition coefficient (Wildman–Crippen LogP) is 3.15. The number of halogens is 1. The van der Waals surface area contributed by atoms with Crippen LogP contribution in [0.15, 0.2) is 0 Å². The third kappa shape index (κ3) is 2.88. The minimum absolute atomic E-state index is 0.283. The monoisotopic (exact) mass is 311 g/mol. The standard InChI is InChI=1S/C16H26ClN3O/c1-5-20(6-2)16(9-7-8-10-16)14(21)11-13-12(3)18-19(4)15(13)17/h5-11H2,1-4H3. The zero-order valence-electron chi connectivity index (χ0n) is 13.6. The number of hydrogen-bond donors (Lipinski definition) is 0. The predicted molar refractivity (Wildman–Crippen MR) is 85.8 cm³/mol. The van der Waals surface area contributed by atoms with E-state index in [1.807, 2.05) is 14.0 Å². The highest BCUT2D eigenvalue weighted by Crippen LogP contribution is 2.37. The molecule has 1 aliphatic rings. The second kappa shape index (κ2) is 6.49. The first-order chi connectivity index (χ1) is 9.96. The Bertz CT molecular complexity index is 514. The van der Waals surface area contributed by atoms with Crippen LogP contribution in [0.25, 0.3) is 0 Å². The molecule has 1 aromatic heterocycles. The smallest absolute Gasteiger partial charge is 0.157 e. The van der Waals surface area contributed by atoms with E-state index in [-0.39, 0.29) is 5.54 Å².